The summed E-state index contributed by atoms with van der Waals surface area (Å²) in [6.45, 7) is 10.1. The van der Waals surface area contributed by atoms with E-state index in [-0.39, 0.29) is 5.54 Å². The van der Waals surface area contributed by atoms with Crippen molar-refractivity contribution in [3.05, 3.63) is 11.9 Å². The van der Waals surface area contributed by atoms with Gasteiger partial charge in [0.1, 0.15) is 18.2 Å². The number of ether oxygens (including phenoxy) is 1. The summed E-state index contributed by atoms with van der Waals surface area (Å²) in [6.07, 6.45) is 2.11. The van der Waals surface area contributed by atoms with Gasteiger partial charge in [0.15, 0.2) is 5.82 Å². The lowest BCUT2D eigenvalue weighted by atomic mass is 10.00. The van der Waals surface area contributed by atoms with Crippen LogP contribution in [0.5, 0.6) is 0 Å². The minimum Gasteiger partial charge on any atom is -0.377 e. The van der Waals surface area contributed by atoms with E-state index in [0.717, 1.165) is 31.0 Å². The van der Waals surface area contributed by atoms with Gasteiger partial charge in [0.2, 0.25) is 0 Å². The smallest absolute Gasteiger partial charge is 0.158 e. The highest BCUT2D eigenvalue weighted by molar-refractivity contribution is 5.50. The first kappa shape index (κ1) is 16.7. The first-order valence-electron chi connectivity index (χ1n) is 7.29. The standard InChI is InChI=1S/C15H28N4O/c1-7-9-16-12-10-14(18-13(17-12)11-20-6)19(5)15(3,4)8-2/h10H,7-9,11H2,1-6H3,(H,16,17,18). The number of hydrogen-bond acceptors (Lipinski definition) is 5. The second kappa shape index (κ2) is 7.43. The van der Waals surface area contributed by atoms with E-state index in [9.17, 15) is 0 Å². The van der Waals surface area contributed by atoms with Crippen LogP contribution in [0.1, 0.15) is 46.4 Å². The minimum absolute atomic E-state index is 0.0563. The van der Waals surface area contributed by atoms with Gasteiger partial charge in [-0.1, -0.05) is 13.8 Å². The van der Waals surface area contributed by atoms with Gasteiger partial charge in [0.25, 0.3) is 0 Å². The van der Waals surface area contributed by atoms with Crippen LogP contribution in [0.15, 0.2) is 6.07 Å². The molecule has 1 rings (SSSR count). The molecule has 0 bridgehead atoms. The van der Waals surface area contributed by atoms with Crippen molar-refractivity contribution in [2.75, 3.05) is 30.9 Å². The van der Waals surface area contributed by atoms with Crippen LogP contribution in [0, 0.1) is 0 Å². The third-order valence-corrected chi connectivity index (χ3v) is 3.71. The summed E-state index contributed by atoms with van der Waals surface area (Å²) in [7, 11) is 3.74. The monoisotopic (exact) mass is 280 g/mol. The molecule has 0 aliphatic carbocycles. The SMILES string of the molecule is CCCNc1cc(N(C)C(C)(C)CC)nc(COC)n1. The fourth-order valence-corrected chi connectivity index (χ4v) is 1.74. The first-order chi connectivity index (χ1) is 9.44. The molecule has 0 radical (unpaired) electrons. The van der Waals surface area contributed by atoms with Crippen molar-refractivity contribution in [1.82, 2.24) is 9.97 Å². The van der Waals surface area contributed by atoms with Crippen molar-refractivity contribution >= 4 is 11.6 Å². The topological polar surface area (TPSA) is 50.3 Å². The van der Waals surface area contributed by atoms with Gasteiger partial charge in [-0.15, -0.1) is 0 Å². The predicted molar refractivity (Wildman–Crippen MR) is 84.3 cm³/mol. The van der Waals surface area contributed by atoms with Crippen LogP contribution in [0.4, 0.5) is 11.6 Å². The molecule has 1 heterocycles. The highest BCUT2D eigenvalue weighted by Gasteiger charge is 2.23. The van der Waals surface area contributed by atoms with Crippen molar-refractivity contribution in [3.8, 4) is 0 Å². The lowest BCUT2D eigenvalue weighted by Crippen LogP contribution is -2.41. The quantitative estimate of drug-likeness (QED) is 0.793. The predicted octanol–water partition coefficient (Wildman–Crippen LogP) is 3.07. The Bertz CT molecular complexity index is 420. The maximum atomic E-state index is 5.16. The molecule has 0 atom stereocenters. The second-order valence-corrected chi connectivity index (χ2v) is 5.61. The van der Waals surface area contributed by atoms with Crippen LogP contribution in [0.25, 0.3) is 0 Å². The van der Waals surface area contributed by atoms with Crippen molar-refractivity contribution in [3.63, 3.8) is 0 Å². The molecule has 1 N–H and O–H groups in total. The summed E-state index contributed by atoms with van der Waals surface area (Å²) in [6, 6.07) is 2.01. The average molecular weight is 280 g/mol. The van der Waals surface area contributed by atoms with E-state index in [2.05, 4.69) is 54.9 Å². The Balaban J connectivity index is 3.07. The second-order valence-electron chi connectivity index (χ2n) is 5.61. The third-order valence-electron chi connectivity index (χ3n) is 3.71. The Kier molecular flexibility index (Phi) is 6.20. The molecule has 5 nitrogen and oxygen atoms in total. The van der Waals surface area contributed by atoms with Crippen LogP contribution in [0.2, 0.25) is 0 Å². The number of hydrogen-bond donors (Lipinski definition) is 1. The Morgan fingerprint density at radius 1 is 1.30 bits per heavy atom. The highest BCUT2D eigenvalue weighted by Crippen LogP contribution is 2.25. The lowest BCUT2D eigenvalue weighted by Gasteiger charge is -2.36. The van der Waals surface area contributed by atoms with Gasteiger partial charge in [-0.3, -0.25) is 0 Å². The molecule has 0 aromatic carbocycles. The summed E-state index contributed by atoms with van der Waals surface area (Å²) in [4.78, 5) is 11.3. The van der Waals surface area contributed by atoms with E-state index in [1.165, 1.54) is 0 Å². The van der Waals surface area contributed by atoms with E-state index < -0.39 is 0 Å². The summed E-state index contributed by atoms with van der Waals surface area (Å²) < 4.78 is 5.16. The largest absolute Gasteiger partial charge is 0.377 e. The summed E-state index contributed by atoms with van der Waals surface area (Å²) in [5.74, 6) is 2.50. The summed E-state index contributed by atoms with van der Waals surface area (Å²) in [5.41, 5.74) is 0.0563. The van der Waals surface area contributed by atoms with E-state index in [1.807, 2.05) is 6.07 Å². The molecule has 114 valence electrons. The number of methoxy groups -OCH3 is 1. The molecule has 0 aliphatic heterocycles. The molecular formula is C15H28N4O. The van der Waals surface area contributed by atoms with Crippen LogP contribution in [-0.4, -0.2) is 36.2 Å². The average Bonchev–Trinajstić information content (AvgIpc) is 2.44. The normalized spacial score (nSPS) is 11.5. The number of anilines is 2. The maximum Gasteiger partial charge on any atom is 0.158 e. The Morgan fingerprint density at radius 2 is 2.00 bits per heavy atom. The molecule has 0 spiro atoms. The highest BCUT2D eigenvalue weighted by atomic mass is 16.5. The number of rotatable bonds is 8. The zero-order chi connectivity index (χ0) is 15.2. The number of nitrogens with one attached hydrogen (secondary N) is 1. The Morgan fingerprint density at radius 3 is 2.55 bits per heavy atom. The number of nitrogens with zero attached hydrogens (tertiary/aromatic N) is 3. The van der Waals surface area contributed by atoms with Gasteiger partial charge < -0.3 is 15.0 Å². The van der Waals surface area contributed by atoms with Gasteiger partial charge in [-0.2, -0.15) is 0 Å². The zero-order valence-corrected chi connectivity index (χ0v) is 13.7. The molecule has 0 amide bonds. The first-order valence-corrected chi connectivity index (χ1v) is 7.29. The Labute approximate surface area is 122 Å². The molecule has 0 saturated heterocycles. The molecule has 0 aliphatic rings. The van der Waals surface area contributed by atoms with E-state index in [1.54, 1.807) is 7.11 Å². The summed E-state index contributed by atoms with van der Waals surface area (Å²) >= 11 is 0. The fraction of sp³-hybridized carbons (Fsp3) is 0.733. The molecule has 1 aromatic heterocycles. The molecule has 0 saturated carbocycles. The lowest BCUT2D eigenvalue weighted by molar-refractivity contribution is 0.178. The molecule has 1 aromatic rings. The fourth-order valence-electron chi connectivity index (χ4n) is 1.74. The zero-order valence-electron chi connectivity index (χ0n) is 13.7. The van der Waals surface area contributed by atoms with E-state index in [4.69, 9.17) is 4.74 Å². The van der Waals surface area contributed by atoms with E-state index in [0.29, 0.717) is 12.4 Å². The molecule has 20 heavy (non-hydrogen) atoms. The van der Waals surface area contributed by atoms with Gasteiger partial charge >= 0.3 is 0 Å². The molecule has 0 unspecified atom stereocenters. The van der Waals surface area contributed by atoms with Gasteiger partial charge in [-0.25, -0.2) is 9.97 Å². The van der Waals surface area contributed by atoms with Crippen molar-refractivity contribution in [1.29, 1.82) is 0 Å². The van der Waals surface area contributed by atoms with Gasteiger partial charge in [0.05, 0.1) is 0 Å². The van der Waals surface area contributed by atoms with Crippen LogP contribution in [0.3, 0.4) is 0 Å². The van der Waals surface area contributed by atoms with Crippen molar-refractivity contribution in [2.45, 2.75) is 52.7 Å². The summed E-state index contributed by atoms with van der Waals surface area (Å²) in [5, 5.41) is 3.32. The minimum atomic E-state index is 0.0563. The Hall–Kier alpha value is -1.36. The molecular weight excluding hydrogens is 252 g/mol. The molecule has 0 fully saturated rings. The van der Waals surface area contributed by atoms with Crippen molar-refractivity contribution in [2.24, 2.45) is 0 Å². The maximum absolute atomic E-state index is 5.16. The van der Waals surface area contributed by atoms with Crippen LogP contribution >= 0.6 is 0 Å². The van der Waals surface area contributed by atoms with Crippen LogP contribution < -0.4 is 10.2 Å². The van der Waals surface area contributed by atoms with Crippen LogP contribution in [-0.2, 0) is 11.3 Å². The van der Waals surface area contributed by atoms with Gasteiger partial charge in [-0.05, 0) is 26.7 Å². The molecule has 5 heteroatoms. The van der Waals surface area contributed by atoms with Crippen molar-refractivity contribution < 1.29 is 4.74 Å². The van der Waals surface area contributed by atoms with E-state index >= 15 is 0 Å². The third kappa shape index (κ3) is 4.34. The number of aromatic nitrogens is 2. The van der Waals surface area contributed by atoms with Gasteiger partial charge in [0, 0.05) is 32.3 Å².